The van der Waals surface area contributed by atoms with Gasteiger partial charge in [0.25, 0.3) is 5.91 Å². The Labute approximate surface area is 237 Å². The number of nitriles is 1. The Bertz CT molecular complexity index is 1630. The molecule has 4 rings (SSSR count). The maximum atomic E-state index is 13.3. The molecule has 11 heteroatoms. The Balaban J connectivity index is 1.72. The van der Waals surface area contributed by atoms with E-state index in [-0.39, 0.29) is 12.2 Å². The average molecular weight is 560 g/mol. The largest absolute Gasteiger partial charge is 0.444 e. The SMILES string of the molecule is Cc1cc(-c2c(-c3cccc(C#N)c3)nn3ccc(C(=O)NC(C)(C)CNC(=O)OC(C)(C)C)nc23)cc(Cl)n1. The third-order valence-corrected chi connectivity index (χ3v) is 5.91. The lowest BCUT2D eigenvalue weighted by Gasteiger charge is -2.27. The lowest BCUT2D eigenvalue weighted by atomic mass is 10.00. The normalized spacial score (nSPS) is 11.7. The van der Waals surface area contributed by atoms with Crippen LogP contribution in [0.1, 0.15) is 56.4 Å². The summed E-state index contributed by atoms with van der Waals surface area (Å²) in [7, 11) is 0. The molecule has 206 valence electrons. The molecule has 3 heterocycles. The summed E-state index contributed by atoms with van der Waals surface area (Å²) in [5.41, 5.74) is 2.99. The first kappa shape index (κ1) is 28.5. The summed E-state index contributed by atoms with van der Waals surface area (Å²) >= 11 is 6.30. The van der Waals surface area contributed by atoms with Crippen molar-refractivity contribution in [2.24, 2.45) is 0 Å². The maximum Gasteiger partial charge on any atom is 0.407 e. The van der Waals surface area contributed by atoms with Gasteiger partial charge in [0.05, 0.1) is 22.7 Å². The van der Waals surface area contributed by atoms with Gasteiger partial charge in [-0.15, -0.1) is 0 Å². The van der Waals surface area contributed by atoms with Gasteiger partial charge in [-0.2, -0.15) is 10.4 Å². The van der Waals surface area contributed by atoms with Crippen molar-refractivity contribution in [2.45, 2.75) is 52.7 Å². The summed E-state index contributed by atoms with van der Waals surface area (Å²) in [6.45, 7) is 10.9. The summed E-state index contributed by atoms with van der Waals surface area (Å²) in [5, 5.41) is 20.1. The number of hydrogen-bond acceptors (Lipinski definition) is 7. The van der Waals surface area contributed by atoms with Gasteiger partial charge in [0, 0.05) is 24.0 Å². The van der Waals surface area contributed by atoms with Gasteiger partial charge in [-0.3, -0.25) is 4.79 Å². The minimum absolute atomic E-state index is 0.141. The molecule has 0 spiro atoms. The molecule has 0 aliphatic heterocycles. The number of aryl methyl sites for hydroxylation is 1. The minimum Gasteiger partial charge on any atom is -0.444 e. The fourth-order valence-electron chi connectivity index (χ4n) is 4.05. The highest BCUT2D eigenvalue weighted by Gasteiger charge is 2.26. The number of hydrogen-bond donors (Lipinski definition) is 2. The predicted octanol–water partition coefficient (Wildman–Crippen LogP) is 5.32. The molecule has 0 saturated heterocycles. The Kier molecular flexibility index (Phi) is 7.80. The van der Waals surface area contributed by atoms with Crippen molar-refractivity contribution < 1.29 is 14.3 Å². The smallest absolute Gasteiger partial charge is 0.407 e. The van der Waals surface area contributed by atoms with E-state index < -0.39 is 23.1 Å². The number of nitrogens with zero attached hydrogens (tertiary/aromatic N) is 5. The monoisotopic (exact) mass is 559 g/mol. The molecule has 0 unspecified atom stereocenters. The van der Waals surface area contributed by atoms with E-state index in [1.54, 1.807) is 75.7 Å². The van der Waals surface area contributed by atoms with Gasteiger partial charge < -0.3 is 15.4 Å². The van der Waals surface area contributed by atoms with Crippen molar-refractivity contribution in [2.75, 3.05) is 6.54 Å². The van der Waals surface area contributed by atoms with Crippen molar-refractivity contribution in [3.63, 3.8) is 0 Å². The molecular formula is C29H30ClN7O3. The van der Waals surface area contributed by atoms with Crippen LogP contribution >= 0.6 is 11.6 Å². The van der Waals surface area contributed by atoms with Crippen molar-refractivity contribution in [1.82, 2.24) is 30.2 Å². The quantitative estimate of drug-likeness (QED) is 0.305. The van der Waals surface area contributed by atoms with E-state index in [0.29, 0.717) is 38.9 Å². The van der Waals surface area contributed by atoms with E-state index >= 15 is 0 Å². The Morgan fingerprint density at radius 3 is 2.50 bits per heavy atom. The molecule has 0 atom stereocenters. The number of nitrogens with one attached hydrogen (secondary N) is 2. The summed E-state index contributed by atoms with van der Waals surface area (Å²) in [5.74, 6) is -0.428. The lowest BCUT2D eigenvalue weighted by Crippen LogP contribution is -2.52. The van der Waals surface area contributed by atoms with Crippen molar-refractivity contribution in [3.8, 4) is 28.5 Å². The van der Waals surface area contributed by atoms with E-state index in [1.165, 1.54) is 0 Å². The first-order valence-electron chi connectivity index (χ1n) is 12.6. The second kappa shape index (κ2) is 10.9. The van der Waals surface area contributed by atoms with Crippen molar-refractivity contribution in [3.05, 3.63) is 70.8 Å². The van der Waals surface area contributed by atoms with Gasteiger partial charge in [-0.1, -0.05) is 23.7 Å². The van der Waals surface area contributed by atoms with Crippen LogP contribution in [0, 0.1) is 18.3 Å². The van der Waals surface area contributed by atoms with Crippen LogP contribution in [0.15, 0.2) is 48.7 Å². The fraction of sp³-hybridized carbons (Fsp3) is 0.310. The topological polar surface area (TPSA) is 134 Å². The zero-order valence-electron chi connectivity index (χ0n) is 23.2. The molecule has 0 radical (unpaired) electrons. The van der Waals surface area contributed by atoms with Gasteiger partial charge >= 0.3 is 6.09 Å². The number of carbonyl (C=O) groups is 2. The molecule has 0 bridgehead atoms. The van der Waals surface area contributed by atoms with Crippen LogP contribution in [0.4, 0.5) is 4.79 Å². The average Bonchev–Trinajstić information content (AvgIpc) is 3.25. The molecule has 2 N–H and O–H groups in total. The van der Waals surface area contributed by atoms with Crippen LogP contribution < -0.4 is 10.6 Å². The third-order valence-electron chi connectivity index (χ3n) is 5.72. The number of benzene rings is 1. The predicted molar refractivity (Wildman–Crippen MR) is 152 cm³/mol. The number of rotatable bonds is 6. The number of fused-ring (bicyclic) bond motifs is 1. The Hall–Kier alpha value is -4.49. The molecule has 4 aromatic rings. The van der Waals surface area contributed by atoms with E-state index in [4.69, 9.17) is 21.4 Å². The molecule has 2 amide bonds. The number of amides is 2. The number of halogens is 1. The zero-order chi connectivity index (χ0) is 29.2. The van der Waals surface area contributed by atoms with E-state index in [1.807, 2.05) is 19.1 Å². The van der Waals surface area contributed by atoms with E-state index in [9.17, 15) is 14.9 Å². The van der Waals surface area contributed by atoms with E-state index in [0.717, 1.165) is 5.56 Å². The van der Waals surface area contributed by atoms with Crippen LogP contribution in [0.5, 0.6) is 0 Å². The first-order chi connectivity index (χ1) is 18.7. The van der Waals surface area contributed by atoms with E-state index in [2.05, 4.69) is 26.7 Å². The summed E-state index contributed by atoms with van der Waals surface area (Å²) in [6, 6.07) is 14.4. The molecule has 10 nitrogen and oxygen atoms in total. The van der Waals surface area contributed by atoms with Crippen molar-refractivity contribution >= 4 is 29.2 Å². The molecule has 0 fully saturated rings. The minimum atomic E-state index is -0.802. The number of ether oxygens (including phenoxy) is 1. The zero-order valence-corrected chi connectivity index (χ0v) is 23.9. The summed E-state index contributed by atoms with van der Waals surface area (Å²) in [4.78, 5) is 34.3. The number of aromatic nitrogens is 4. The third kappa shape index (κ3) is 6.74. The van der Waals surface area contributed by atoms with Crippen LogP contribution in [0.3, 0.4) is 0 Å². The molecular weight excluding hydrogens is 530 g/mol. The van der Waals surface area contributed by atoms with Gasteiger partial charge in [-0.25, -0.2) is 19.3 Å². The first-order valence-corrected chi connectivity index (χ1v) is 13.0. The molecule has 0 aliphatic rings. The highest BCUT2D eigenvalue weighted by molar-refractivity contribution is 6.29. The van der Waals surface area contributed by atoms with Crippen LogP contribution in [0.25, 0.3) is 28.0 Å². The second-order valence-electron chi connectivity index (χ2n) is 11.0. The molecule has 0 saturated carbocycles. The highest BCUT2D eigenvalue weighted by Crippen LogP contribution is 2.36. The molecule has 3 aromatic heterocycles. The Morgan fingerprint density at radius 1 is 1.07 bits per heavy atom. The van der Waals surface area contributed by atoms with Crippen LogP contribution in [-0.4, -0.2) is 49.3 Å². The highest BCUT2D eigenvalue weighted by atomic mass is 35.5. The van der Waals surface area contributed by atoms with Gasteiger partial charge in [0.1, 0.15) is 22.1 Å². The van der Waals surface area contributed by atoms with Crippen LogP contribution in [-0.2, 0) is 4.74 Å². The molecule has 40 heavy (non-hydrogen) atoms. The van der Waals surface area contributed by atoms with Gasteiger partial charge in [-0.05, 0) is 77.4 Å². The number of alkyl carbamates (subject to hydrolysis) is 1. The fourth-order valence-corrected chi connectivity index (χ4v) is 4.31. The maximum absolute atomic E-state index is 13.3. The summed E-state index contributed by atoms with van der Waals surface area (Å²) < 4.78 is 6.86. The lowest BCUT2D eigenvalue weighted by molar-refractivity contribution is 0.0509. The second-order valence-corrected chi connectivity index (χ2v) is 11.4. The standard InChI is InChI=1S/C29H30ClN7O3/c1-17-12-20(14-22(30)33-17)23-24(19-9-7-8-18(13-19)15-31)36-37-11-10-21(34-25(23)37)26(38)35-29(5,6)16-32-27(39)40-28(2,3)4/h7-14H,16H2,1-6H3,(H,32,39)(H,35,38). The van der Waals surface area contributed by atoms with Crippen LogP contribution in [0.2, 0.25) is 5.15 Å². The molecule has 1 aromatic carbocycles. The molecule has 0 aliphatic carbocycles. The summed E-state index contributed by atoms with van der Waals surface area (Å²) in [6.07, 6.45) is 1.08. The van der Waals surface area contributed by atoms with Crippen molar-refractivity contribution in [1.29, 1.82) is 5.26 Å². The van der Waals surface area contributed by atoms with Gasteiger partial charge in [0.15, 0.2) is 5.65 Å². The van der Waals surface area contributed by atoms with Gasteiger partial charge in [0.2, 0.25) is 0 Å². The number of pyridine rings is 1. The Morgan fingerprint density at radius 2 is 1.82 bits per heavy atom. The number of carbonyl (C=O) groups excluding carboxylic acids is 2.